The first-order chi connectivity index (χ1) is 10.0. The summed E-state index contributed by atoms with van der Waals surface area (Å²) in [6, 6.07) is 5.44. The Balaban J connectivity index is 2.29. The Hall–Kier alpha value is -1.96. The quantitative estimate of drug-likeness (QED) is 0.802. The Kier molecular flexibility index (Phi) is 4.89. The topological polar surface area (TPSA) is 95.9 Å². The first-order valence-corrected chi connectivity index (χ1v) is 8.26. The molecule has 0 saturated carbocycles. The van der Waals surface area contributed by atoms with Gasteiger partial charge in [-0.25, -0.2) is 4.68 Å². The van der Waals surface area contributed by atoms with E-state index in [0.29, 0.717) is 30.4 Å². The Bertz CT molecular complexity index is 643. The zero-order valence-corrected chi connectivity index (χ0v) is 13.1. The third kappa shape index (κ3) is 3.57. The Morgan fingerprint density at radius 1 is 1.48 bits per heavy atom. The highest BCUT2D eigenvalue weighted by molar-refractivity contribution is 7.84. The van der Waals surface area contributed by atoms with Crippen LogP contribution in [0.2, 0.25) is 0 Å². The van der Waals surface area contributed by atoms with Crippen LogP contribution in [0.5, 0.6) is 5.75 Å². The summed E-state index contributed by atoms with van der Waals surface area (Å²) in [5, 5.41) is 11.6. The highest BCUT2D eigenvalue weighted by Crippen LogP contribution is 2.27. The molecule has 1 heterocycles. The van der Waals surface area contributed by atoms with Crippen molar-refractivity contribution in [2.75, 3.05) is 18.6 Å². The molecule has 8 heteroatoms. The first-order valence-electron chi connectivity index (χ1n) is 6.64. The highest BCUT2D eigenvalue weighted by atomic mass is 32.2. The average molecular weight is 309 g/mol. The van der Waals surface area contributed by atoms with Gasteiger partial charge in [0.25, 0.3) is 0 Å². The number of hydrogen-bond donors (Lipinski definition) is 1. The summed E-state index contributed by atoms with van der Waals surface area (Å²) >= 11 is 0. The minimum atomic E-state index is -0.931. The Morgan fingerprint density at radius 3 is 2.86 bits per heavy atom. The van der Waals surface area contributed by atoms with E-state index in [1.807, 2.05) is 19.9 Å². The molecule has 2 unspecified atom stereocenters. The molecule has 0 bridgehead atoms. The molecule has 0 spiro atoms. The summed E-state index contributed by atoms with van der Waals surface area (Å²) in [4.78, 5) is 0. The lowest BCUT2D eigenvalue weighted by Crippen LogP contribution is -2.19. The minimum Gasteiger partial charge on any atom is -0.492 e. The van der Waals surface area contributed by atoms with Crippen LogP contribution in [-0.4, -0.2) is 42.5 Å². The normalized spacial score (nSPS) is 13.9. The fourth-order valence-corrected chi connectivity index (χ4v) is 2.21. The van der Waals surface area contributed by atoms with Gasteiger partial charge in [-0.15, -0.1) is 5.10 Å². The molecule has 2 atom stereocenters. The van der Waals surface area contributed by atoms with E-state index in [1.165, 1.54) is 0 Å². The number of nitrogens with two attached hydrogens (primary N) is 1. The van der Waals surface area contributed by atoms with Crippen molar-refractivity contribution < 1.29 is 8.95 Å². The number of nitrogens with zero attached hydrogens (tertiary/aromatic N) is 4. The summed E-state index contributed by atoms with van der Waals surface area (Å²) in [5.41, 5.74) is 7.30. The average Bonchev–Trinajstić information content (AvgIpc) is 2.89. The smallest absolute Gasteiger partial charge is 0.182 e. The fourth-order valence-electron chi connectivity index (χ4n) is 1.86. The fraction of sp³-hybridized carbons (Fsp3) is 0.462. The number of anilines is 1. The van der Waals surface area contributed by atoms with Crippen LogP contribution in [0.4, 0.5) is 5.69 Å². The molecule has 114 valence electrons. The summed E-state index contributed by atoms with van der Waals surface area (Å²) in [7, 11) is -0.931. The van der Waals surface area contributed by atoms with Crippen molar-refractivity contribution in [1.29, 1.82) is 0 Å². The number of ether oxygens (including phenoxy) is 1. The molecule has 21 heavy (non-hydrogen) atoms. The van der Waals surface area contributed by atoms with Crippen LogP contribution in [0, 0.1) is 0 Å². The van der Waals surface area contributed by atoms with E-state index in [0.717, 1.165) is 5.56 Å². The van der Waals surface area contributed by atoms with Gasteiger partial charge < -0.3 is 10.5 Å². The van der Waals surface area contributed by atoms with E-state index in [1.54, 1.807) is 23.1 Å². The number of hydrogen-bond acceptors (Lipinski definition) is 6. The molecule has 0 aliphatic carbocycles. The first kappa shape index (κ1) is 15.4. The van der Waals surface area contributed by atoms with Crippen LogP contribution in [0.15, 0.2) is 18.2 Å². The summed E-state index contributed by atoms with van der Waals surface area (Å²) < 4.78 is 18.5. The number of aromatic nitrogens is 4. The van der Waals surface area contributed by atoms with Crippen LogP contribution in [0.25, 0.3) is 11.4 Å². The van der Waals surface area contributed by atoms with Crippen molar-refractivity contribution in [1.82, 2.24) is 20.2 Å². The van der Waals surface area contributed by atoms with Gasteiger partial charge in [0, 0.05) is 22.6 Å². The van der Waals surface area contributed by atoms with E-state index < -0.39 is 10.8 Å². The lowest BCUT2D eigenvalue weighted by Gasteiger charge is -2.11. The third-order valence-electron chi connectivity index (χ3n) is 3.10. The molecule has 1 aromatic heterocycles. The van der Waals surface area contributed by atoms with Gasteiger partial charge in [-0.1, -0.05) is 0 Å². The molecule has 2 rings (SSSR count). The molecule has 0 radical (unpaired) electrons. The zero-order chi connectivity index (χ0) is 15.4. The maximum atomic E-state index is 11.5. The standard InChI is InChI=1S/C13H19N5O2S/c1-4-20-12-6-5-10(7-11(12)14)13-15-16-17-18(13)8-9(2)21(3)19/h5-7,9H,4,8,14H2,1-3H3. The van der Waals surface area contributed by atoms with Crippen LogP contribution < -0.4 is 10.5 Å². The maximum absolute atomic E-state index is 11.5. The largest absolute Gasteiger partial charge is 0.492 e. The molecule has 0 saturated heterocycles. The molecule has 0 aliphatic heterocycles. The van der Waals surface area contributed by atoms with Crippen LogP contribution >= 0.6 is 0 Å². The second kappa shape index (κ2) is 6.66. The molecule has 0 amide bonds. The number of benzene rings is 1. The molecule has 1 aromatic carbocycles. The van der Waals surface area contributed by atoms with Gasteiger partial charge in [-0.05, 0) is 42.5 Å². The molecular weight excluding hydrogens is 290 g/mol. The molecule has 2 aromatic rings. The Morgan fingerprint density at radius 2 is 2.24 bits per heavy atom. The molecule has 0 fully saturated rings. The molecule has 0 aliphatic rings. The van der Waals surface area contributed by atoms with E-state index in [4.69, 9.17) is 10.5 Å². The van der Waals surface area contributed by atoms with Gasteiger partial charge >= 0.3 is 0 Å². The van der Waals surface area contributed by atoms with Crippen molar-refractivity contribution in [3.8, 4) is 17.1 Å². The number of rotatable bonds is 6. The van der Waals surface area contributed by atoms with Crippen molar-refractivity contribution in [3.63, 3.8) is 0 Å². The van der Waals surface area contributed by atoms with Crippen molar-refractivity contribution in [3.05, 3.63) is 18.2 Å². The maximum Gasteiger partial charge on any atom is 0.182 e. The van der Waals surface area contributed by atoms with Crippen LogP contribution in [-0.2, 0) is 17.3 Å². The van der Waals surface area contributed by atoms with Crippen molar-refractivity contribution in [2.45, 2.75) is 25.6 Å². The molecule has 7 nitrogen and oxygen atoms in total. The summed E-state index contributed by atoms with van der Waals surface area (Å²) in [6.07, 6.45) is 1.67. The number of nitrogen functional groups attached to an aromatic ring is 1. The van der Waals surface area contributed by atoms with Crippen LogP contribution in [0.3, 0.4) is 0 Å². The van der Waals surface area contributed by atoms with Crippen LogP contribution in [0.1, 0.15) is 13.8 Å². The summed E-state index contributed by atoms with van der Waals surface area (Å²) in [6.45, 7) is 4.84. The van der Waals surface area contributed by atoms with Crippen molar-refractivity contribution in [2.24, 2.45) is 0 Å². The monoisotopic (exact) mass is 309 g/mol. The van der Waals surface area contributed by atoms with E-state index in [-0.39, 0.29) is 5.25 Å². The van der Waals surface area contributed by atoms with Gasteiger partial charge in [-0.3, -0.25) is 4.21 Å². The minimum absolute atomic E-state index is 0.0349. The number of tetrazole rings is 1. The van der Waals surface area contributed by atoms with Gasteiger partial charge in [0.2, 0.25) is 0 Å². The van der Waals surface area contributed by atoms with Gasteiger partial charge in [0.1, 0.15) is 5.75 Å². The molecule has 2 N–H and O–H groups in total. The zero-order valence-electron chi connectivity index (χ0n) is 12.3. The lowest BCUT2D eigenvalue weighted by atomic mass is 10.1. The van der Waals surface area contributed by atoms with Gasteiger partial charge in [-0.2, -0.15) is 0 Å². The van der Waals surface area contributed by atoms with Gasteiger partial charge in [0.05, 0.1) is 24.1 Å². The highest BCUT2D eigenvalue weighted by Gasteiger charge is 2.15. The van der Waals surface area contributed by atoms with E-state index in [9.17, 15) is 4.21 Å². The van der Waals surface area contributed by atoms with Crippen molar-refractivity contribution >= 4 is 16.5 Å². The van der Waals surface area contributed by atoms with E-state index in [2.05, 4.69) is 15.5 Å². The van der Waals surface area contributed by atoms with E-state index >= 15 is 0 Å². The second-order valence-corrected chi connectivity index (χ2v) is 6.48. The predicted molar refractivity (Wildman–Crippen MR) is 82.4 cm³/mol. The Labute approximate surface area is 125 Å². The molecular formula is C13H19N5O2S. The second-order valence-electron chi connectivity index (χ2n) is 4.68. The lowest BCUT2D eigenvalue weighted by molar-refractivity contribution is 0.342. The third-order valence-corrected chi connectivity index (χ3v) is 4.38. The summed E-state index contributed by atoms with van der Waals surface area (Å²) in [5.74, 6) is 1.24. The SMILES string of the molecule is CCOc1ccc(-c2nnnn2CC(C)S(C)=O)cc1N. The van der Waals surface area contributed by atoms with Gasteiger partial charge in [0.15, 0.2) is 5.82 Å². The predicted octanol–water partition coefficient (Wildman–Crippen LogP) is 1.09.